The number of phenols is 1. The third-order valence-electron chi connectivity index (χ3n) is 3.29. The number of primary sulfonamides is 1. The number of urea groups is 1. The highest BCUT2D eigenvalue weighted by atomic mass is 35.5. The zero-order chi connectivity index (χ0) is 16.3. The minimum Gasteiger partial charge on any atom is -0.504 e. The number of hydrogen-bond donors (Lipinski definition) is 5. The molecule has 0 unspecified atom stereocenters. The molecule has 0 saturated carbocycles. The number of carbonyl (C=O) groups excluding carboxylic acids is 1. The zero-order valence-corrected chi connectivity index (χ0v) is 13.2. The maximum Gasteiger partial charge on any atom is 0.319 e. The number of hydrogen-bond acceptors (Lipinski definition) is 5. The number of carbonyl (C=O) groups is 1. The van der Waals surface area contributed by atoms with Gasteiger partial charge in [0, 0.05) is 6.04 Å². The largest absolute Gasteiger partial charge is 0.504 e. The smallest absolute Gasteiger partial charge is 0.319 e. The number of nitrogens with one attached hydrogen (secondary N) is 3. The van der Waals surface area contributed by atoms with Crippen molar-refractivity contribution in [3.63, 3.8) is 0 Å². The van der Waals surface area contributed by atoms with Gasteiger partial charge in [-0.25, -0.2) is 18.4 Å². The Balaban J connectivity index is 2.14. The van der Waals surface area contributed by atoms with Crippen LogP contribution in [0.1, 0.15) is 12.8 Å². The summed E-state index contributed by atoms with van der Waals surface area (Å²) < 4.78 is 22.9. The first-order valence-corrected chi connectivity index (χ1v) is 8.54. The summed E-state index contributed by atoms with van der Waals surface area (Å²) in [4.78, 5) is 11.3. The fourth-order valence-electron chi connectivity index (χ4n) is 2.23. The Morgan fingerprint density at radius 2 is 2.00 bits per heavy atom. The first kappa shape index (κ1) is 16.8. The molecule has 1 aromatic rings. The fraction of sp³-hybridized carbons (Fsp3) is 0.417. The molecule has 1 fully saturated rings. The summed E-state index contributed by atoms with van der Waals surface area (Å²) in [6.07, 6.45) is 1.59. The van der Waals surface area contributed by atoms with Gasteiger partial charge in [0.05, 0.1) is 10.7 Å². The van der Waals surface area contributed by atoms with Gasteiger partial charge in [-0.2, -0.15) is 0 Å². The molecule has 1 saturated heterocycles. The molecule has 122 valence electrons. The Hall–Kier alpha value is -1.55. The second-order valence-electron chi connectivity index (χ2n) is 4.94. The second kappa shape index (κ2) is 6.69. The number of anilines is 1. The standard InChI is InChI=1S/C12H17ClN4O4S/c13-8-1-2-9(10(18)11(8)22(14,20)21)17-12(19)16-7-3-5-15-6-4-7/h1-2,7,15,18H,3-6H2,(H2,14,20,21)(H2,16,17,19). The van der Waals surface area contributed by atoms with Gasteiger partial charge in [0.1, 0.15) is 4.90 Å². The van der Waals surface area contributed by atoms with Gasteiger partial charge in [-0.05, 0) is 38.1 Å². The van der Waals surface area contributed by atoms with Gasteiger partial charge in [0.2, 0.25) is 10.0 Å². The predicted molar refractivity (Wildman–Crippen MR) is 82.5 cm³/mol. The van der Waals surface area contributed by atoms with Crippen LogP contribution in [0.3, 0.4) is 0 Å². The van der Waals surface area contributed by atoms with E-state index in [1.165, 1.54) is 12.1 Å². The Morgan fingerprint density at radius 3 is 2.59 bits per heavy atom. The van der Waals surface area contributed by atoms with E-state index in [-0.39, 0.29) is 16.8 Å². The van der Waals surface area contributed by atoms with Crippen molar-refractivity contribution in [3.8, 4) is 5.75 Å². The number of benzene rings is 1. The highest BCUT2D eigenvalue weighted by molar-refractivity contribution is 7.89. The van der Waals surface area contributed by atoms with Crippen LogP contribution in [0.2, 0.25) is 5.02 Å². The molecule has 1 aliphatic rings. The van der Waals surface area contributed by atoms with Gasteiger partial charge in [-0.3, -0.25) is 0 Å². The minimum absolute atomic E-state index is 0.0217. The Morgan fingerprint density at radius 1 is 1.36 bits per heavy atom. The number of phenolic OH excluding ortho intramolecular Hbond substituents is 1. The van der Waals surface area contributed by atoms with Crippen molar-refractivity contribution in [1.29, 1.82) is 0 Å². The lowest BCUT2D eigenvalue weighted by Crippen LogP contribution is -2.44. The molecule has 0 aromatic heterocycles. The first-order chi connectivity index (χ1) is 10.3. The molecule has 2 amide bonds. The first-order valence-electron chi connectivity index (χ1n) is 6.61. The maximum absolute atomic E-state index is 11.9. The number of piperidine rings is 1. The quantitative estimate of drug-likeness (QED) is 0.509. The van der Waals surface area contributed by atoms with E-state index >= 15 is 0 Å². The summed E-state index contributed by atoms with van der Waals surface area (Å²) in [7, 11) is -4.21. The molecule has 8 nitrogen and oxygen atoms in total. The van der Waals surface area contributed by atoms with Crippen molar-refractivity contribution in [2.24, 2.45) is 5.14 Å². The van der Waals surface area contributed by atoms with E-state index in [4.69, 9.17) is 16.7 Å². The van der Waals surface area contributed by atoms with Crippen molar-refractivity contribution in [1.82, 2.24) is 10.6 Å². The van der Waals surface area contributed by atoms with Crippen LogP contribution in [-0.4, -0.2) is 38.7 Å². The van der Waals surface area contributed by atoms with Crippen LogP contribution in [0.4, 0.5) is 10.5 Å². The van der Waals surface area contributed by atoms with Crippen molar-refractivity contribution in [2.45, 2.75) is 23.8 Å². The summed E-state index contributed by atoms with van der Waals surface area (Å²) in [6.45, 7) is 1.62. The lowest BCUT2D eigenvalue weighted by atomic mass is 10.1. The van der Waals surface area contributed by atoms with E-state index < -0.39 is 26.7 Å². The molecule has 0 bridgehead atoms. The van der Waals surface area contributed by atoms with Gasteiger partial charge >= 0.3 is 6.03 Å². The molecule has 0 spiro atoms. The van der Waals surface area contributed by atoms with E-state index in [0.717, 1.165) is 25.9 Å². The molecule has 6 N–H and O–H groups in total. The van der Waals surface area contributed by atoms with Gasteiger partial charge < -0.3 is 21.1 Å². The molecular weight excluding hydrogens is 332 g/mol. The van der Waals surface area contributed by atoms with Gasteiger partial charge in [-0.1, -0.05) is 11.6 Å². The lowest BCUT2D eigenvalue weighted by Gasteiger charge is -2.24. The summed E-state index contributed by atoms with van der Waals surface area (Å²) in [5.41, 5.74) is -0.0835. The SMILES string of the molecule is NS(=O)(=O)c1c(Cl)ccc(NC(=O)NC2CCNCC2)c1O. The van der Waals surface area contributed by atoms with Crippen LogP contribution in [0.5, 0.6) is 5.75 Å². The highest BCUT2D eigenvalue weighted by Crippen LogP contribution is 2.35. The second-order valence-corrected chi connectivity index (χ2v) is 6.85. The number of sulfonamides is 1. The van der Waals surface area contributed by atoms with Crippen LogP contribution in [-0.2, 0) is 10.0 Å². The fourth-order valence-corrected chi connectivity index (χ4v) is 3.42. The van der Waals surface area contributed by atoms with E-state index in [9.17, 15) is 18.3 Å². The van der Waals surface area contributed by atoms with E-state index in [2.05, 4.69) is 16.0 Å². The van der Waals surface area contributed by atoms with Crippen molar-refractivity contribution in [2.75, 3.05) is 18.4 Å². The minimum atomic E-state index is -4.21. The summed E-state index contributed by atoms with van der Waals surface area (Å²) >= 11 is 5.72. The molecule has 1 heterocycles. The predicted octanol–water partition coefficient (Wildman–Crippen LogP) is 0.567. The molecule has 0 aliphatic carbocycles. The lowest BCUT2D eigenvalue weighted by molar-refractivity contribution is 0.245. The van der Waals surface area contributed by atoms with Crippen LogP contribution >= 0.6 is 11.6 Å². The molecule has 2 rings (SSSR count). The third-order valence-corrected chi connectivity index (χ3v) is 4.70. The molecule has 1 aromatic carbocycles. The zero-order valence-electron chi connectivity index (χ0n) is 11.6. The average Bonchev–Trinajstić information content (AvgIpc) is 2.42. The average molecular weight is 349 g/mol. The monoisotopic (exact) mass is 348 g/mol. The number of aromatic hydroxyl groups is 1. The molecular formula is C12H17ClN4O4S. The molecule has 0 atom stereocenters. The molecule has 1 aliphatic heterocycles. The maximum atomic E-state index is 11.9. The molecule has 22 heavy (non-hydrogen) atoms. The van der Waals surface area contributed by atoms with Crippen molar-refractivity contribution >= 4 is 33.3 Å². The van der Waals surface area contributed by atoms with Gasteiger partial charge in [0.15, 0.2) is 5.75 Å². The number of nitrogens with two attached hydrogens (primary N) is 1. The Labute approximate surface area is 133 Å². The molecule has 10 heteroatoms. The number of amides is 2. The summed E-state index contributed by atoms with van der Waals surface area (Å²) in [6, 6.07) is 2.02. The van der Waals surface area contributed by atoms with Crippen molar-refractivity contribution < 1.29 is 18.3 Å². The van der Waals surface area contributed by atoms with Crippen LogP contribution < -0.4 is 21.1 Å². The van der Waals surface area contributed by atoms with Gasteiger partial charge in [0.25, 0.3) is 0 Å². The highest BCUT2D eigenvalue weighted by Gasteiger charge is 2.23. The Kier molecular flexibility index (Phi) is 5.12. The number of rotatable bonds is 3. The number of halogens is 1. The van der Waals surface area contributed by atoms with Gasteiger partial charge in [-0.15, -0.1) is 0 Å². The van der Waals surface area contributed by atoms with Crippen LogP contribution in [0.15, 0.2) is 17.0 Å². The topological polar surface area (TPSA) is 134 Å². The third kappa shape index (κ3) is 4.01. The molecule has 0 radical (unpaired) electrons. The normalized spacial score (nSPS) is 16.3. The van der Waals surface area contributed by atoms with E-state index in [1.54, 1.807) is 0 Å². The summed E-state index contributed by atoms with van der Waals surface area (Å²) in [5, 5.41) is 23.1. The van der Waals surface area contributed by atoms with Crippen molar-refractivity contribution in [3.05, 3.63) is 17.2 Å². The Bertz CT molecular complexity index is 674. The van der Waals surface area contributed by atoms with E-state index in [1.807, 2.05) is 0 Å². The van der Waals surface area contributed by atoms with E-state index in [0.29, 0.717) is 0 Å². The van der Waals surface area contributed by atoms with Crippen LogP contribution in [0.25, 0.3) is 0 Å². The summed E-state index contributed by atoms with van der Waals surface area (Å²) in [5.74, 6) is -0.685. The van der Waals surface area contributed by atoms with Crippen LogP contribution in [0, 0.1) is 0 Å².